The van der Waals surface area contributed by atoms with E-state index in [2.05, 4.69) is 106 Å². The van der Waals surface area contributed by atoms with Crippen LogP contribution in [0.15, 0.2) is 122 Å². The zero-order valence-corrected chi connectivity index (χ0v) is 33.2. The van der Waals surface area contributed by atoms with Gasteiger partial charge in [0.2, 0.25) is 0 Å². The molecule has 6 heteroatoms. The van der Waals surface area contributed by atoms with Crippen molar-refractivity contribution in [1.29, 1.82) is 0 Å². The van der Waals surface area contributed by atoms with Gasteiger partial charge in [-0.05, 0) is 89.9 Å². The van der Waals surface area contributed by atoms with Gasteiger partial charge in [-0.25, -0.2) is 0 Å². The SMILES string of the molecule is CC\C=C/C=C\C=C/C=C\CCCCCC(=O)OCC(COC(=O)CCC/C=C\C/C=C\C/C=C\CC)OC(=O)CCC/C=C\C/C=C\C/C=C\CC. The van der Waals surface area contributed by atoms with E-state index in [1.807, 2.05) is 36.5 Å². The molecule has 0 saturated carbocycles. The highest BCUT2D eigenvalue weighted by atomic mass is 16.6. The maximum atomic E-state index is 12.6. The minimum Gasteiger partial charge on any atom is -0.462 e. The van der Waals surface area contributed by atoms with Crippen LogP contribution in [0.1, 0.15) is 136 Å². The Balaban J connectivity index is 4.63. The normalized spacial score (nSPS) is 13.3. The van der Waals surface area contributed by atoms with Crippen molar-refractivity contribution in [1.82, 2.24) is 0 Å². The molecule has 0 saturated heterocycles. The Morgan fingerprint density at radius 1 is 0.396 bits per heavy atom. The number of carbonyl (C=O) groups excluding carboxylic acids is 3. The third-order valence-corrected chi connectivity index (χ3v) is 7.54. The van der Waals surface area contributed by atoms with Crippen LogP contribution in [-0.4, -0.2) is 37.2 Å². The molecule has 0 aromatic rings. The van der Waals surface area contributed by atoms with Crippen LogP contribution in [-0.2, 0) is 28.6 Å². The molecule has 0 bridgehead atoms. The highest BCUT2D eigenvalue weighted by Gasteiger charge is 2.19. The fourth-order valence-corrected chi connectivity index (χ4v) is 4.61. The first kappa shape index (κ1) is 48.8. The van der Waals surface area contributed by atoms with E-state index >= 15 is 0 Å². The van der Waals surface area contributed by atoms with Gasteiger partial charge in [0.15, 0.2) is 6.10 Å². The second kappa shape index (κ2) is 40.6. The molecule has 6 nitrogen and oxygen atoms in total. The first-order valence-corrected chi connectivity index (χ1v) is 20.1. The third kappa shape index (κ3) is 38.9. The van der Waals surface area contributed by atoms with E-state index in [0.29, 0.717) is 19.3 Å². The number of ether oxygens (including phenoxy) is 3. The van der Waals surface area contributed by atoms with E-state index in [0.717, 1.165) is 77.0 Å². The van der Waals surface area contributed by atoms with Gasteiger partial charge >= 0.3 is 17.9 Å². The van der Waals surface area contributed by atoms with Crippen molar-refractivity contribution in [3.63, 3.8) is 0 Å². The van der Waals surface area contributed by atoms with Gasteiger partial charge in [-0.1, -0.05) is 149 Å². The van der Waals surface area contributed by atoms with E-state index in [9.17, 15) is 14.4 Å². The summed E-state index contributed by atoms with van der Waals surface area (Å²) in [5.41, 5.74) is 0. The third-order valence-electron chi connectivity index (χ3n) is 7.54. The lowest BCUT2D eigenvalue weighted by molar-refractivity contribution is -0.167. The molecule has 0 fully saturated rings. The summed E-state index contributed by atoms with van der Waals surface area (Å²) in [7, 11) is 0. The Morgan fingerprint density at radius 3 is 1.30 bits per heavy atom. The smallest absolute Gasteiger partial charge is 0.306 e. The molecule has 1 unspecified atom stereocenters. The molecule has 0 aromatic carbocycles. The van der Waals surface area contributed by atoms with Gasteiger partial charge < -0.3 is 14.2 Å². The van der Waals surface area contributed by atoms with E-state index in [-0.39, 0.29) is 44.4 Å². The molecule has 0 heterocycles. The monoisotopic (exact) mass is 731 g/mol. The zero-order valence-electron chi connectivity index (χ0n) is 33.2. The summed E-state index contributed by atoms with van der Waals surface area (Å²) in [6.07, 6.45) is 54.9. The van der Waals surface area contributed by atoms with Crippen molar-refractivity contribution < 1.29 is 28.6 Å². The van der Waals surface area contributed by atoms with Crippen LogP contribution >= 0.6 is 0 Å². The molecular weight excluding hydrogens is 661 g/mol. The lowest BCUT2D eigenvalue weighted by atomic mass is 10.1. The maximum absolute atomic E-state index is 12.6. The quantitative estimate of drug-likeness (QED) is 0.0220. The largest absolute Gasteiger partial charge is 0.462 e. The second-order valence-corrected chi connectivity index (χ2v) is 12.5. The summed E-state index contributed by atoms with van der Waals surface area (Å²) in [5, 5.41) is 0. The minimum atomic E-state index is -0.840. The number of hydrogen-bond acceptors (Lipinski definition) is 6. The number of rotatable bonds is 33. The van der Waals surface area contributed by atoms with E-state index in [1.165, 1.54) is 0 Å². The van der Waals surface area contributed by atoms with Crippen LogP contribution in [0.3, 0.4) is 0 Å². The minimum absolute atomic E-state index is 0.139. The Hall–Kier alpha value is -4.19. The molecule has 0 aliphatic carbocycles. The first-order valence-electron chi connectivity index (χ1n) is 20.1. The summed E-state index contributed by atoms with van der Waals surface area (Å²) >= 11 is 0. The fourth-order valence-electron chi connectivity index (χ4n) is 4.61. The highest BCUT2D eigenvalue weighted by Crippen LogP contribution is 2.09. The van der Waals surface area contributed by atoms with Crippen LogP contribution < -0.4 is 0 Å². The van der Waals surface area contributed by atoms with Crippen LogP contribution in [0.5, 0.6) is 0 Å². The summed E-state index contributed by atoms with van der Waals surface area (Å²) in [6.45, 7) is 6.07. The Labute approximate surface area is 322 Å². The van der Waals surface area contributed by atoms with Crippen molar-refractivity contribution in [2.45, 2.75) is 142 Å². The van der Waals surface area contributed by atoms with Gasteiger partial charge in [-0.15, -0.1) is 0 Å². The van der Waals surface area contributed by atoms with Crippen LogP contribution in [0.2, 0.25) is 0 Å². The van der Waals surface area contributed by atoms with Gasteiger partial charge in [0.25, 0.3) is 0 Å². The van der Waals surface area contributed by atoms with Crippen molar-refractivity contribution in [2.24, 2.45) is 0 Å². The van der Waals surface area contributed by atoms with Gasteiger partial charge in [-0.2, -0.15) is 0 Å². The van der Waals surface area contributed by atoms with E-state index in [4.69, 9.17) is 14.2 Å². The average molecular weight is 731 g/mol. The fraction of sp³-hybridized carbons (Fsp3) is 0.511. The molecule has 53 heavy (non-hydrogen) atoms. The van der Waals surface area contributed by atoms with Crippen LogP contribution in [0.25, 0.3) is 0 Å². The molecule has 0 N–H and O–H groups in total. The Morgan fingerprint density at radius 2 is 0.792 bits per heavy atom. The maximum Gasteiger partial charge on any atom is 0.306 e. The molecule has 0 radical (unpaired) electrons. The standard InChI is InChI=1S/C47H70O6/c1-4-7-10-13-16-19-22-23-26-28-31-34-37-40-46(49)52-43-44(53-47(50)41-38-35-32-29-25-21-18-15-12-9-6-3)42-51-45(48)39-36-33-30-27-24-20-17-14-11-8-5-2/h7-13,16-23,26-27,29-30,32,44H,4-6,14-15,24-25,28,31,33-43H2,1-3H3/b10-7-,11-8-,12-9-,16-13-,20-17-,21-18-,22-19-,26-23-,30-27-,32-29-. The Bertz CT molecular complexity index is 1210. The molecule has 0 rings (SSSR count). The lowest BCUT2D eigenvalue weighted by Crippen LogP contribution is -2.30. The molecular formula is C47H70O6. The molecule has 0 aliphatic rings. The van der Waals surface area contributed by atoms with Gasteiger partial charge in [0.05, 0.1) is 0 Å². The van der Waals surface area contributed by atoms with Crippen LogP contribution in [0, 0.1) is 0 Å². The van der Waals surface area contributed by atoms with Crippen molar-refractivity contribution in [3.05, 3.63) is 122 Å². The molecule has 1 atom stereocenters. The molecule has 0 aromatic heterocycles. The van der Waals surface area contributed by atoms with Gasteiger partial charge in [0.1, 0.15) is 13.2 Å². The molecule has 0 spiro atoms. The number of carbonyl (C=O) groups is 3. The number of allylic oxidation sites excluding steroid dienone is 20. The highest BCUT2D eigenvalue weighted by molar-refractivity contribution is 5.71. The van der Waals surface area contributed by atoms with Gasteiger partial charge in [-0.3, -0.25) is 14.4 Å². The van der Waals surface area contributed by atoms with E-state index in [1.54, 1.807) is 0 Å². The molecule has 0 amide bonds. The average Bonchev–Trinajstić information content (AvgIpc) is 3.15. The second-order valence-electron chi connectivity index (χ2n) is 12.5. The predicted octanol–water partition coefficient (Wildman–Crippen LogP) is 12.6. The summed E-state index contributed by atoms with van der Waals surface area (Å²) in [5.74, 6) is -1.11. The van der Waals surface area contributed by atoms with E-state index < -0.39 is 12.1 Å². The van der Waals surface area contributed by atoms with Crippen molar-refractivity contribution in [3.8, 4) is 0 Å². The predicted molar refractivity (Wildman–Crippen MR) is 223 cm³/mol. The molecule has 294 valence electrons. The summed E-state index contributed by atoms with van der Waals surface area (Å²) in [6, 6.07) is 0. The van der Waals surface area contributed by atoms with Crippen molar-refractivity contribution in [2.75, 3.05) is 13.2 Å². The number of hydrogen-bond donors (Lipinski definition) is 0. The van der Waals surface area contributed by atoms with Crippen LogP contribution in [0.4, 0.5) is 0 Å². The number of esters is 3. The first-order chi connectivity index (χ1) is 26.0. The Kier molecular flexibility index (Phi) is 37.4. The topological polar surface area (TPSA) is 78.9 Å². The van der Waals surface area contributed by atoms with Crippen molar-refractivity contribution >= 4 is 17.9 Å². The van der Waals surface area contributed by atoms with Gasteiger partial charge in [0, 0.05) is 19.3 Å². The molecule has 0 aliphatic heterocycles. The lowest BCUT2D eigenvalue weighted by Gasteiger charge is -2.18. The summed E-state index contributed by atoms with van der Waals surface area (Å²) < 4.78 is 16.5. The summed E-state index contributed by atoms with van der Waals surface area (Å²) in [4.78, 5) is 37.5. The number of unbranched alkanes of at least 4 members (excludes halogenated alkanes) is 5. The zero-order chi connectivity index (χ0) is 38.7.